The molecule has 0 aliphatic carbocycles. The maximum absolute atomic E-state index is 12.7. The molecule has 2 aromatic rings. The van der Waals surface area contributed by atoms with E-state index >= 15 is 0 Å². The highest BCUT2D eigenvalue weighted by Crippen LogP contribution is 2.45. The number of phenols is 3. The van der Waals surface area contributed by atoms with E-state index in [9.17, 15) is 30.0 Å². The second-order valence-electron chi connectivity index (χ2n) is 8.18. The summed E-state index contributed by atoms with van der Waals surface area (Å²) in [5.74, 6) is -2.55. The highest BCUT2D eigenvalue weighted by Gasteiger charge is 2.29. The number of aromatic hydroxyl groups is 4. The summed E-state index contributed by atoms with van der Waals surface area (Å²) >= 11 is 0. The van der Waals surface area contributed by atoms with E-state index in [1.54, 1.807) is 33.8 Å². The van der Waals surface area contributed by atoms with Gasteiger partial charge in [-0.15, -0.1) is 0 Å². The van der Waals surface area contributed by atoms with Crippen LogP contribution in [0, 0.1) is 12.8 Å². The highest BCUT2D eigenvalue weighted by molar-refractivity contribution is 6.03. The lowest BCUT2D eigenvalue weighted by Crippen LogP contribution is -2.14. The number of carbonyl (C=O) groups excluding carboxylic acids is 1. The van der Waals surface area contributed by atoms with Crippen LogP contribution < -0.4 is 5.63 Å². The minimum absolute atomic E-state index is 0.0591. The summed E-state index contributed by atoms with van der Waals surface area (Å²) < 4.78 is 5.27. The second kappa shape index (κ2) is 9.29. The van der Waals surface area contributed by atoms with E-state index in [2.05, 4.69) is 0 Å². The number of ketones is 1. The van der Waals surface area contributed by atoms with Gasteiger partial charge in [0.1, 0.15) is 34.3 Å². The Labute approximate surface area is 181 Å². The average molecular weight is 430 g/mol. The maximum Gasteiger partial charge on any atom is 0.343 e. The van der Waals surface area contributed by atoms with E-state index in [1.807, 2.05) is 13.8 Å². The van der Waals surface area contributed by atoms with Gasteiger partial charge in [0.05, 0.1) is 5.56 Å². The molecule has 1 heterocycles. The molecule has 1 aromatic heterocycles. The van der Waals surface area contributed by atoms with Gasteiger partial charge in [-0.2, -0.15) is 0 Å². The molecular weight excluding hydrogens is 400 g/mol. The number of phenolic OH excluding ortho intramolecular Hbond substituents is 3. The zero-order valence-corrected chi connectivity index (χ0v) is 18.8. The molecular formula is C24H30O7. The van der Waals surface area contributed by atoms with Gasteiger partial charge in [-0.1, -0.05) is 32.4 Å². The van der Waals surface area contributed by atoms with Crippen molar-refractivity contribution in [3.8, 4) is 23.0 Å². The molecule has 2 rings (SSSR count). The molecule has 0 saturated heterocycles. The predicted octanol–water partition coefficient (Wildman–Crippen LogP) is 4.27. The van der Waals surface area contributed by atoms with Crippen molar-refractivity contribution in [3.63, 3.8) is 0 Å². The van der Waals surface area contributed by atoms with Gasteiger partial charge in [0.2, 0.25) is 0 Å². The number of carbonyl (C=O) groups is 1. The topological polar surface area (TPSA) is 128 Å². The van der Waals surface area contributed by atoms with E-state index in [4.69, 9.17) is 4.42 Å². The number of Topliss-reactive ketones (excluding diaryl/α,β-unsaturated/α-hetero) is 1. The molecule has 168 valence electrons. The molecule has 7 nitrogen and oxygen atoms in total. The lowest BCUT2D eigenvalue weighted by molar-refractivity contribution is 0.0933. The van der Waals surface area contributed by atoms with Crippen molar-refractivity contribution in [1.29, 1.82) is 0 Å². The van der Waals surface area contributed by atoms with Crippen molar-refractivity contribution in [1.82, 2.24) is 0 Å². The molecule has 0 spiro atoms. The molecule has 0 saturated carbocycles. The van der Waals surface area contributed by atoms with Crippen LogP contribution in [0.3, 0.4) is 0 Å². The molecule has 0 aliphatic rings. The van der Waals surface area contributed by atoms with E-state index in [-0.39, 0.29) is 40.8 Å². The van der Waals surface area contributed by atoms with Gasteiger partial charge in [-0.25, -0.2) is 4.79 Å². The summed E-state index contributed by atoms with van der Waals surface area (Å²) in [6.07, 6.45) is 1.90. The molecule has 4 N–H and O–H groups in total. The number of rotatable bonds is 7. The Kier molecular flexibility index (Phi) is 7.21. The van der Waals surface area contributed by atoms with Gasteiger partial charge >= 0.3 is 5.63 Å². The van der Waals surface area contributed by atoms with Crippen molar-refractivity contribution in [2.75, 3.05) is 0 Å². The first-order chi connectivity index (χ1) is 14.4. The average Bonchev–Trinajstić information content (AvgIpc) is 2.69. The lowest BCUT2D eigenvalue weighted by Gasteiger charge is -2.19. The molecule has 0 bridgehead atoms. The summed E-state index contributed by atoms with van der Waals surface area (Å²) in [5.41, 5.74) is -0.0245. The SMILES string of the molecule is CCc1oc(=O)c(Cc2c(O)c(CC=C(C)C)c(O)c(C(=O)C(C)C)c2O)c(O)c1C. The zero-order valence-electron chi connectivity index (χ0n) is 18.8. The maximum atomic E-state index is 12.7. The fourth-order valence-electron chi connectivity index (χ4n) is 3.38. The van der Waals surface area contributed by atoms with Crippen LogP contribution in [0.15, 0.2) is 20.9 Å². The Balaban J connectivity index is 2.81. The molecule has 0 fully saturated rings. The highest BCUT2D eigenvalue weighted by atomic mass is 16.4. The number of aryl methyl sites for hydroxylation is 1. The Morgan fingerprint density at radius 1 is 0.968 bits per heavy atom. The first-order valence-corrected chi connectivity index (χ1v) is 10.2. The Hall–Kier alpha value is -3.22. The molecule has 0 unspecified atom stereocenters. The fourth-order valence-corrected chi connectivity index (χ4v) is 3.38. The van der Waals surface area contributed by atoms with E-state index in [1.165, 1.54) is 0 Å². The van der Waals surface area contributed by atoms with Crippen molar-refractivity contribution in [2.24, 2.45) is 5.92 Å². The van der Waals surface area contributed by atoms with Crippen LogP contribution in [-0.4, -0.2) is 26.2 Å². The smallest absolute Gasteiger partial charge is 0.343 e. The summed E-state index contributed by atoms with van der Waals surface area (Å²) in [4.78, 5) is 25.2. The Morgan fingerprint density at radius 2 is 1.55 bits per heavy atom. The first-order valence-electron chi connectivity index (χ1n) is 10.2. The third-order valence-corrected chi connectivity index (χ3v) is 5.30. The fraction of sp³-hybridized carbons (Fsp3) is 0.417. The Morgan fingerprint density at radius 3 is 2.06 bits per heavy atom. The minimum Gasteiger partial charge on any atom is -0.507 e. The molecule has 31 heavy (non-hydrogen) atoms. The van der Waals surface area contributed by atoms with Crippen LogP contribution in [0.2, 0.25) is 0 Å². The number of hydrogen-bond donors (Lipinski definition) is 4. The van der Waals surface area contributed by atoms with Crippen LogP contribution in [-0.2, 0) is 19.3 Å². The summed E-state index contributed by atoms with van der Waals surface area (Å²) in [6, 6.07) is 0. The largest absolute Gasteiger partial charge is 0.507 e. The monoisotopic (exact) mass is 430 g/mol. The van der Waals surface area contributed by atoms with Gasteiger partial charge < -0.3 is 24.8 Å². The lowest BCUT2D eigenvalue weighted by atomic mass is 9.89. The van der Waals surface area contributed by atoms with Gasteiger partial charge in [0.15, 0.2) is 5.78 Å². The molecule has 7 heteroatoms. The Bertz CT molecular complexity index is 1100. The van der Waals surface area contributed by atoms with Gasteiger partial charge in [-0.05, 0) is 27.2 Å². The third kappa shape index (κ3) is 4.60. The summed E-state index contributed by atoms with van der Waals surface area (Å²) in [5, 5.41) is 42.9. The van der Waals surface area contributed by atoms with Crippen LogP contribution >= 0.6 is 0 Å². The molecule has 0 radical (unpaired) electrons. The predicted molar refractivity (Wildman–Crippen MR) is 117 cm³/mol. The third-order valence-electron chi connectivity index (χ3n) is 5.30. The van der Waals surface area contributed by atoms with Gasteiger partial charge in [0, 0.05) is 35.4 Å². The van der Waals surface area contributed by atoms with E-state index < -0.39 is 34.6 Å². The second-order valence-corrected chi connectivity index (χ2v) is 8.18. The summed E-state index contributed by atoms with van der Waals surface area (Å²) in [7, 11) is 0. The van der Waals surface area contributed by atoms with E-state index in [0.717, 1.165) is 5.57 Å². The van der Waals surface area contributed by atoms with Crippen molar-refractivity contribution in [3.05, 3.63) is 55.6 Å². The van der Waals surface area contributed by atoms with Crippen LogP contribution in [0.1, 0.15) is 73.0 Å². The number of allylic oxidation sites excluding steroid dienone is 2. The summed E-state index contributed by atoms with van der Waals surface area (Å²) in [6.45, 7) is 10.3. The van der Waals surface area contributed by atoms with Gasteiger partial charge in [0.25, 0.3) is 0 Å². The zero-order chi connectivity index (χ0) is 23.6. The molecule has 0 atom stereocenters. The van der Waals surface area contributed by atoms with Crippen LogP contribution in [0.4, 0.5) is 0 Å². The van der Waals surface area contributed by atoms with Crippen molar-refractivity contribution in [2.45, 2.75) is 60.8 Å². The number of hydrogen-bond acceptors (Lipinski definition) is 7. The standard InChI is InChI=1S/C24H30O7/c1-7-17-13(6)20(26)16(24(30)31-17)10-15-21(27)14(9-8-11(2)3)22(28)18(23(15)29)19(25)12(4)5/h8,12,26-29H,7,9-10H2,1-6H3. The number of benzene rings is 1. The molecule has 0 aliphatic heterocycles. The molecule has 1 aromatic carbocycles. The quantitative estimate of drug-likeness (QED) is 0.381. The van der Waals surface area contributed by atoms with Crippen molar-refractivity contribution < 1.29 is 29.6 Å². The van der Waals surface area contributed by atoms with Crippen LogP contribution in [0.25, 0.3) is 0 Å². The first kappa shape index (κ1) is 24.1. The van der Waals surface area contributed by atoms with Gasteiger partial charge in [-0.3, -0.25) is 4.79 Å². The molecule has 0 amide bonds. The van der Waals surface area contributed by atoms with E-state index in [0.29, 0.717) is 17.7 Å². The normalized spacial score (nSPS) is 11.1. The van der Waals surface area contributed by atoms with Crippen LogP contribution in [0.5, 0.6) is 23.0 Å². The minimum atomic E-state index is -0.797. The van der Waals surface area contributed by atoms with Crippen molar-refractivity contribution >= 4 is 5.78 Å².